The second kappa shape index (κ2) is 38.4. The van der Waals surface area contributed by atoms with Crippen LogP contribution >= 0.6 is 48.9 Å². The Bertz CT molecular complexity index is 3790. The lowest BCUT2D eigenvalue weighted by Crippen LogP contribution is -2.34. The van der Waals surface area contributed by atoms with E-state index in [2.05, 4.69) is 147 Å². The molecule has 544 valence electrons. The third kappa shape index (κ3) is 30.0. The molecule has 0 saturated heterocycles. The second-order valence-electron chi connectivity index (χ2n) is 28.0. The van der Waals surface area contributed by atoms with Gasteiger partial charge in [-0.15, -0.1) is 0 Å². The number of rotatable bonds is 12. The van der Waals surface area contributed by atoms with E-state index >= 15 is 0 Å². The third-order valence-corrected chi connectivity index (χ3v) is 15.6. The van der Waals surface area contributed by atoms with Crippen LogP contribution in [0.3, 0.4) is 0 Å². The Morgan fingerprint density at radius 1 is 0.212 bits per heavy atom. The maximum Gasteiger partial charge on any atom is 0.257 e. The number of nitrogens with one attached hydrogen (secondary N) is 12. The van der Waals surface area contributed by atoms with E-state index in [-0.39, 0.29) is 89.4 Å². The molecule has 8 rings (SSSR count). The van der Waals surface area contributed by atoms with Gasteiger partial charge in [0.05, 0.1) is 0 Å². The molecule has 0 atom stereocenters. The minimum Gasteiger partial charge on any atom is -0.332 e. The van der Waals surface area contributed by atoms with E-state index in [1.807, 2.05) is 48.5 Å². The van der Waals surface area contributed by atoms with Crippen LogP contribution in [0, 0.1) is 0 Å². The minimum atomic E-state index is -0.266. The summed E-state index contributed by atoms with van der Waals surface area (Å²) in [4.78, 5) is 93.2. The van der Waals surface area contributed by atoms with Crippen molar-refractivity contribution in [3.05, 3.63) is 239 Å². The summed E-state index contributed by atoms with van der Waals surface area (Å²) < 4.78 is 0. The SMILES string of the molecule is CC(=O)Nc1ccc(NC(=S)NC(=O)c2ccc(C(C)(C)C)cc2)cc1.CC(=O)Nc1ccc(NC(=S)NC(=O)c2ccc(C(C)(C)C)cc2)cc1.CC(=O)Nc1ccc(NC(=S)NC(=O)c2ccc(C(C)(C)C)cc2)cc1.CC(=O)Nc1ccc(NC(=S)NC(=O)c2ccc(C(C)(C)C)cc2)cc1. The molecule has 0 aromatic heterocycles. The molecular weight excluding hydrogens is 1390 g/mol. The van der Waals surface area contributed by atoms with Crippen molar-refractivity contribution in [3.63, 3.8) is 0 Å². The quantitative estimate of drug-likeness (QED) is 0.0507. The van der Waals surface area contributed by atoms with Crippen LogP contribution in [0.1, 0.15) is 174 Å². The van der Waals surface area contributed by atoms with Gasteiger partial charge in [-0.3, -0.25) is 59.6 Å². The van der Waals surface area contributed by atoms with Crippen molar-refractivity contribution in [2.75, 3.05) is 42.5 Å². The van der Waals surface area contributed by atoms with Gasteiger partial charge >= 0.3 is 0 Å². The molecular formula is C80H92N12O8S4. The minimum absolute atomic E-state index is 0.0370. The Morgan fingerprint density at radius 2 is 0.337 bits per heavy atom. The fraction of sp³-hybridized carbons (Fsp3) is 0.250. The Morgan fingerprint density at radius 3 is 0.452 bits per heavy atom. The molecule has 104 heavy (non-hydrogen) atoms. The van der Waals surface area contributed by atoms with Gasteiger partial charge in [-0.05, 0) is 238 Å². The molecule has 0 saturated carbocycles. The average Bonchev–Trinajstić information content (AvgIpc) is 0.842. The Hall–Kier alpha value is -10.9. The molecule has 0 heterocycles. The average molecular weight is 1480 g/mol. The van der Waals surface area contributed by atoms with Crippen molar-refractivity contribution in [2.24, 2.45) is 0 Å². The van der Waals surface area contributed by atoms with Crippen LogP contribution in [0.25, 0.3) is 0 Å². The maximum absolute atomic E-state index is 12.3. The van der Waals surface area contributed by atoms with Crippen LogP contribution < -0.4 is 63.8 Å². The molecule has 0 radical (unpaired) electrons. The van der Waals surface area contributed by atoms with Gasteiger partial charge in [0.25, 0.3) is 23.6 Å². The monoisotopic (exact) mass is 1480 g/mol. The normalized spacial score (nSPS) is 10.8. The molecule has 12 N–H and O–H groups in total. The van der Waals surface area contributed by atoms with E-state index in [0.717, 1.165) is 22.3 Å². The lowest BCUT2D eigenvalue weighted by molar-refractivity contribution is -0.115. The molecule has 24 heteroatoms. The molecule has 8 aromatic rings. The molecule has 0 unspecified atom stereocenters. The van der Waals surface area contributed by atoms with E-state index in [0.29, 0.717) is 67.8 Å². The van der Waals surface area contributed by atoms with Crippen LogP contribution in [-0.4, -0.2) is 67.7 Å². The summed E-state index contributed by atoms with van der Waals surface area (Å²) in [6.07, 6.45) is 0. The summed E-state index contributed by atoms with van der Waals surface area (Å²) >= 11 is 20.7. The van der Waals surface area contributed by atoms with Crippen molar-refractivity contribution in [1.29, 1.82) is 0 Å². The number of thiocarbonyl (C=S) groups is 4. The lowest BCUT2D eigenvalue weighted by Gasteiger charge is -2.19. The Kier molecular flexibility index (Phi) is 30.9. The summed E-state index contributed by atoms with van der Waals surface area (Å²) in [5, 5.41) is 34.0. The van der Waals surface area contributed by atoms with Gasteiger partial charge in [0.15, 0.2) is 20.4 Å². The first-order chi connectivity index (χ1) is 48.6. The summed E-state index contributed by atoms with van der Waals surface area (Å²) in [6, 6.07) is 58.1. The number of carbonyl (C=O) groups excluding carboxylic acids is 8. The van der Waals surface area contributed by atoms with Gasteiger partial charge < -0.3 is 42.5 Å². The third-order valence-electron chi connectivity index (χ3n) is 14.8. The van der Waals surface area contributed by atoms with Gasteiger partial charge in [-0.1, -0.05) is 132 Å². The summed E-state index contributed by atoms with van der Waals surface area (Å²) in [6.45, 7) is 31.3. The topological polar surface area (TPSA) is 281 Å². The molecule has 0 spiro atoms. The molecule has 0 aliphatic rings. The Balaban J connectivity index is 0.000000249. The zero-order valence-corrected chi connectivity index (χ0v) is 64.6. The number of hydrogen-bond donors (Lipinski definition) is 12. The van der Waals surface area contributed by atoms with Crippen LogP contribution in [-0.2, 0) is 40.8 Å². The smallest absolute Gasteiger partial charge is 0.257 e. The highest BCUT2D eigenvalue weighted by atomic mass is 32.1. The van der Waals surface area contributed by atoms with E-state index < -0.39 is 0 Å². The molecule has 8 aromatic carbocycles. The summed E-state index contributed by atoms with van der Waals surface area (Å²) in [7, 11) is 0. The number of hydrogen-bond acceptors (Lipinski definition) is 12. The largest absolute Gasteiger partial charge is 0.332 e. The molecule has 0 aliphatic carbocycles. The first-order valence-electron chi connectivity index (χ1n) is 33.0. The van der Waals surface area contributed by atoms with Crippen LogP contribution in [0.5, 0.6) is 0 Å². The van der Waals surface area contributed by atoms with E-state index in [9.17, 15) is 38.4 Å². The molecule has 0 fully saturated rings. The Labute approximate surface area is 631 Å². The highest BCUT2D eigenvalue weighted by Crippen LogP contribution is 2.27. The van der Waals surface area contributed by atoms with Gasteiger partial charge in [0.1, 0.15) is 0 Å². The number of amides is 8. The maximum atomic E-state index is 12.3. The van der Waals surface area contributed by atoms with Crippen molar-refractivity contribution >= 4 is 162 Å². The first kappa shape index (κ1) is 83.7. The summed E-state index contributed by atoms with van der Waals surface area (Å²) in [5.74, 6) is -1.60. The van der Waals surface area contributed by atoms with Gasteiger partial charge in [0.2, 0.25) is 23.6 Å². The van der Waals surface area contributed by atoms with Crippen molar-refractivity contribution < 1.29 is 38.4 Å². The zero-order chi connectivity index (χ0) is 77.3. The predicted molar refractivity (Wildman–Crippen MR) is 438 cm³/mol. The summed E-state index contributed by atoms with van der Waals surface area (Å²) in [5.41, 5.74) is 12.6. The fourth-order valence-electron chi connectivity index (χ4n) is 9.20. The number of anilines is 8. The highest BCUT2D eigenvalue weighted by Gasteiger charge is 2.20. The highest BCUT2D eigenvalue weighted by molar-refractivity contribution is 7.81. The first-order valence-corrected chi connectivity index (χ1v) is 34.7. The van der Waals surface area contributed by atoms with E-state index in [1.165, 1.54) is 27.7 Å². The standard InChI is InChI=1S/4C20H23N3O2S/c4*1-13(24)21-16-9-11-17(12-10-16)22-19(26)23-18(25)14-5-7-15(8-6-14)20(2,3)4/h4*5-12H,1-4H3,(H,21,24)(H2,22,23,25,26). The zero-order valence-electron chi connectivity index (χ0n) is 61.4. The van der Waals surface area contributed by atoms with Crippen LogP contribution in [0.4, 0.5) is 45.5 Å². The van der Waals surface area contributed by atoms with E-state index in [1.54, 1.807) is 146 Å². The predicted octanol–water partition coefficient (Wildman–Crippen LogP) is 16.3. The van der Waals surface area contributed by atoms with Crippen LogP contribution in [0.2, 0.25) is 0 Å². The van der Waals surface area contributed by atoms with Crippen molar-refractivity contribution in [3.8, 4) is 0 Å². The number of carbonyl (C=O) groups is 8. The van der Waals surface area contributed by atoms with Crippen molar-refractivity contribution in [1.82, 2.24) is 21.3 Å². The van der Waals surface area contributed by atoms with Gasteiger partial charge in [-0.25, -0.2) is 0 Å². The second-order valence-corrected chi connectivity index (χ2v) is 29.6. The van der Waals surface area contributed by atoms with Crippen LogP contribution in [0.15, 0.2) is 194 Å². The van der Waals surface area contributed by atoms with E-state index in [4.69, 9.17) is 48.9 Å². The molecule has 0 bridgehead atoms. The van der Waals surface area contributed by atoms with Gasteiger partial charge in [0, 0.05) is 95.4 Å². The van der Waals surface area contributed by atoms with Crippen molar-refractivity contribution in [2.45, 2.75) is 132 Å². The molecule has 0 aliphatic heterocycles. The molecule has 8 amide bonds. The van der Waals surface area contributed by atoms with Gasteiger partial charge in [-0.2, -0.15) is 0 Å². The molecule has 20 nitrogen and oxygen atoms in total. The lowest BCUT2D eigenvalue weighted by atomic mass is 9.86. The fourth-order valence-corrected chi connectivity index (χ4v) is 10.0. The number of benzene rings is 8.